The number of benzene rings is 2. The Kier molecular flexibility index (Phi) is 8.95. The third kappa shape index (κ3) is 5.54. The summed E-state index contributed by atoms with van der Waals surface area (Å²) in [5, 5.41) is 11.2. The molecule has 0 radical (unpaired) electrons. The van der Waals surface area contributed by atoms with Crippen molar-refractivity contribution in [1.82, 2.24) is 4.72 Å². The fourth-order valence-electron chi connectivity index (χ4n) is 3.24. The average Bonchev–Trinajstić information content (AvgIpc) is 3.02. The summed E-state index contributed by atoms with van der Waals surface area (Å²) in [6, 6.07) is 9.87. The zero-order valence-electron chi connectivity index (χ0n) is 14.9. The van der Waals surface area contributed by atoms with Crippen molar-refractivity contribution in [1.29, 1.82) is 0 Å². The first-order chi connectivity index (χ1) is 11.9. The first-order valence-corrected chi connectivity index (χ1v) is 9.81. The molecule has 27 heavy (non-hydrogen) atoms. The second-order valence-corrected chi connectivity index (χ2v) is 8.14. The van der Waals surface area contributed by atoms with Crippen molar-refractivity contribution in [3.63, 3.8) is 0 Å². The molecule has 0 spiro atoms. The zero-order valence-corrected chi connectivity index (χ0v) is 18.5. The number of nitrogens with one attached hydrogen (secondary N) is 1. The van der Waals surface area contributed by atoms with Gasteiger partial charge >= 0.3 is 29.6 Å². The van der Waals surface area contributed by atoms with Gasteiger partial charge in [-0.1, -0.05) is 35.9 Å². The summed E-state index contributed by atoms with van der Waals surface area (Å²) in [6.45, 7) is 0.0271. The third-order valence-electron chi connectivity index (χ3n) is 4.40. The molecule has 0 fully saturated rings. The Morgan fingerprint density at radius 2 is 1.85 bits per heavy atom. The minimum absolute atomic E-state index is 0. The number of aliphatic carboxylic acids is 1. The fraction of sp³-hybridized carbons (Fsp3) is 0.278. The van der Waals surface area contributed by atoms with E-state index in [0.29, 0.717) is 5.56 Å². The number of rotatable bonds is 6. The minimum atomic E-state index is -3.80. The maximum Gasteiger partial charge on any atom is 1.00 e. The summed E-state index contributed by atoms with van der Waals surface area (Å²) in [6.07, 6.45) is 2.48. The molecule has 0 saturated heterocycles. The normalized spacial score (nSPS) is 12.6. The Bertz CT molecular complexity index is 933. The molecule has 9 heteroatoms. The van der Waals surface area contributed by atoms with E-state index in [0.717, 1.165) is 36.0 Å². The molecular weight excluding hydrogens is 401 g/mol. The van der Waals surface area contributed by atoms with E-state index >= 15 is 0 Å². The molecule has 0 saturated carbocycles. The Morgan fingerprint density at radius 1 is 1.15 bits per heavy atom. The zero-order chi connectivity index (χ0) is 18.0. The molecular formula is C18H19ClNNaO5S. The smallest absolute Gasteiger partial charge is 0.550 e. The number of sulfonamides is 1. The summed E-state index contributed by atoms with van der Waals surface area (Å²) in [5.41, 5.74) is 3.51. The summed E-state index contributed by atoms with van der Waals surface area (Å²) < 4.78 is 27.6. The molecule has 140 valence electrons. The first kappa shape index (κ1) is 24.1. The molecule has 0 atom stereocenters. The van der Waals surface area contributed by atoms with E-state index in [4.69, 9.17) is 11.6 Å². The van der Waals surface area contributed by atoms with Crippen LogP contribution in [0.15, 0.2) is 41.3 Å². The second kappa shape index (κ2) is 10.0. The molecule has 3 N–H and O–H groups in total. The molecule has 0 unspecified atom stereocenters. The van der Waals surface area contributed by atoms with Crippen LogP contribution >= 0.6 is 11.6 Å². The molecule has 2 aromatic rings. The quantitative estimate of drug-likeness (QED) is 0.533. The van der Waals surface area contributed by atoms with Gasteiger partial charge in [0.1, 0.15) is 4.90 Å². The standard InChI is InChI=1S/C18H18ClNO4S.Na.H2O/c19-16-6-1-2-7-17(16)25(23,24)20-11-15-13(10-18(21)22)9-8-12-4-3-5-14(12)15;;/h1-2,6-9,20H,3-5,10-11H2,(H,21,22);;1H2/q;+1;/p-1. The number of halogens is 1. The van der Waals surface area contributed by atoms with Gasteiger partial charge in [-0.2, -0.15) is 0 Å². The molecule has 0 heterocycles. The van der Waals surface area contributed by atoms with Crippen molar-refractivity contribution in [3.05, 3.63) is 63.7 Å². The molecule has 3 rings (SSSR count). The summed E-state index contributed by atoms with van der Waals surface area (Å²) in [4.78, 5) is 11.0. The molecule has 6 nitrogen and oxygen atoms in total. The van der Waals surface area contributed by atoms with Gasteiger partial charge in [0, 0.05) is 18.9 Å². The largest absolute Gasteiger partial charge is 1.00 e. The molecule has 1 aliphatic rings. The van der Waals surface area contributed by atoms with E-state index in [1.807, 2.05) is 6.07 Å². The molecule has 0 aliphatic heterocycles. The number of hydrogen-bond acceptors (Lipinski definition) is 4. The van der Waals surface area contributed by atoms with Gasteiger partial charge in [0.05, 0.1) is 5.02 Å². The Morgan fingerprint density at radius 3 is 2.52 bits per heavy atom. The van der Waals surface area contributed by atoms with E-state index in [2.05, 4.69) is 4.72 Å². The van der Waals surface area contributed by atoms with Gasteiger partial charge in [-0.3, -0.25) is 0 Å². The van der Waals surface area contributed by atoms with Crippen molar-refractivity contribution in [2.45, 2.75) is 37.1 Å². The van der Waals surface area contributed by atoms with Crippen molar-refractivity contribution in [2.75, 3.05) is 0 Å². The number of hydrogen-bond donors (Lipinski definition) is 1. The van der Waals surface area contributed by atoms with E-state index in [-0.39, 0.29) is 57.9 Å². The van der Waals surface area contributed by atoms with E-state index in [9.17, 15) is 18.3 Å². The van der Waals surface area contributed by atoms with E-state index in [1.165, 1.54) is 12.1 Å². The van der Waals surface area contributed by atoms with E-state index < -0.39 is 16.0 Å². The van der Waals surface area contributed by atoms with Gasteiger partial charge < -0.3 is 15.4 Å². The monoisotopic (exact) mass is 419 g/mol. The van der Waals surface area contributed by atoms with Crippen LogP contribution in [0.25, 0.3) is 0 Å². The third-order valence-corrected chi connectivity index (χ3v) is 6.30. The van der Waals surface area contributed by atoms with Gasteiger partial charge in [0.25, 0.3) is 0 Å². The Labute approximate surface area is 185 Å². The maximum atomic E-state index is 12.5. The number of carboxylic acids is 1. The van der Waals surface area contributed by atoms with Crippen LogP contribution < -0.4 is 39.4 Å². The first-order valence-electron chi connectivity index (χ1n) is 7.95. The van der Waals surface area contributed by atoms with Gasteiger partial charge in [-0.25, -0.2) is 13.1 Å². The second-order valence-electron chi connectivity index (χ2n) is 6.00. The summed E-state index contributed by atoms with van der Waals surface area (Å²) >= 11 is 5.98. The summed E-state index contributed by atoms with van der Waals surface area (Å²) in [5.74, 6) is -1.19. The van der Waals surface area contributed by atoms with Crippen LogP contribution in [0, 0.1) is 0 Å². The summed E-state index contributed by atoms with van der Waals surface area (Å²) in [7, 11) is -3.80. The topological polar surface area (TPSA) is 118 Å². The number of fused-ring (bicyclic) bond motifs is 1. The molecule has 2 aromatic carbocycles. The number of carbonyl (C=O) groups is 1. The minimum Gasteiger partial charge on any atom is -0.550 e. The van der Waals surface area contributed by atoms with Crippen LogP contribution in [0.1, 0.15) is 28.7 Å². The molecule has 0 aromatic heterocycles. The van der Waals surface area contributed by atoms with Crippen molar-refractivity contribution in [3.8, 4) is 0 Å². The van der Waals surface area contributed by atoms with Crippen LogP contribution in [0.5, 0.6) is 0 Å². The molecule has 0 amide bonds. The van der Waals surface area contributed by atoms with Crippen molar-refractivity contribution >= 4 is 27.6 Å². The van der Waals surface area contributed by atoms with Gasteiger partial charge in [0.15, 0.2) is 0 Å². The van der Waals surface area contributed by atoms with Crippen LogP contribution in [0.3, 0.4) is 0 Å². The average molecular weight is 420 g/mol. The van der Waals surface area contributed by atoms with Crippen LogP contribution in [0.4, 0.5) is 0 Å². The SMILES string of the molecule is O.O=C([O-])Cc1ccc2c(c1CNS(=O)(=O)c1ccccc1Cl)CCC2.[Na+]. The fourth-order valence-corrected chi connectivity index (χ4v) is 4.75. The molecule has 1 aliphatic carbocycles. The predicted octanol–water partition coefficient (Wildman–Crippen LogP) is -2.22. The number of carboxylic acid groups (broad SMARTS) is 1. The van der Waals surface area contributed by atoms with E-state index in [1.54, 1.807) is 18.2 Å². The maximum absolute atomic E-state index is 12.5. The van der Waals surface area contributed by atoms with Crippen LogP contribution in [0.2, 0.25) is 5.02 Å². The molecule has 0 bridgehead atoms. The van der Waals surface area contributed by atoms with Crippen molar-refractivity contribution in [2.24, 2.45) is 0 Å². The van der Waals surface area contributed by atoms with Crippen LogP contribution in [-0.4, -0.2) is 19.9 Å². The van der Waals surface area contributed by atoms with Gasteiger partial charge in [-0.05, 0) is 53.6 Å². The number of aryl methyl sites for hydroxylation is 1. The van der Waals surface area contributed by atoms with Gasteiger partial charge in [0.2, 0.25) is 10.0 Å². The predicted molar refractivity (Wildman–Crippen MR) is 96.3 cm³/mol. The number of carbonyl (C=O) groups excluding carboxylic acids is 1. The Balaban J connectivity index is 0.00000182. The van der Waals surface area contributed by atoms with Crippen LogP contribution in [-0.2, 0) is 40.6 Å². The van der Waals surface area contributed by atoms with Crippen molar-refractivity contribution < 1.29 is 53.4 Å². The van der Waals surface area contributed by atoms with Gasteiger partial charge in [-0.15, -0.1) is 0 Å². The Hall–Kier alpha value is -0.930.